The lowest BCUT2D eigenvalue weighted by Crippen LogP contribution is -2.27. The van der Waals surface area contributed by atoms with Crippen molar-refractivity contribution in [2.24, 2.45) is 0 Å². The highest BCUT2D eigenvalue weighted by atomic mass is 32.2. The highest BCUT2D eigenvalue weighted by Gasteiger charge is 2.34. The molecule has 0 aliphatic carbocycles. The molecular weight excluding hydrogens is 374 g/mol. The number of carboxylic acid groups (broad SMARTS) is 1. The zero-order valence-corrected chi connectivity index (χ0v) is 15.1. The summed E-state index contributed by atoms with van der Waals surface area (Å²) in [7, 11) is 1.54. The van der Waals surface area contributed by atoms with E-state index in [2.05, 4.69) is 0 Å². The number of hydrogen-bond acceptors (Lipinski definition) is 6. The van der Waals surface area contributed by atoms with Crippen molar-refractivity contribution in [1.29, 1.82) is 0 Å². The van der Waals surface area contributed by atoms with Crippen LogP contribution in [0.25, 0.3) is 6.08 Å². The van der Waals surface area contributed by atoms with Gasteiger partial charge in [-0.25, -0.2) is 4.79 Å². The minimum Gasteiger partial charge on any atom is -0.507 e. The molecule has 2 aromatic carbocycles. The lowest BCUT2D eigenvalue weighted by Gasteiger charge is -2.15. The Morgan fingerprint density at radius 2 is 2.00 bits per heavy atom. The minimum absolute atomic E-state index is 0.276. The number of carboxylic acids is 1. The van der Waals surface area contributed by atoms with Crippen molar-refractivity contribution in [3.8, 4) is 11.5 Å². The number of rotatable bonds is 4. The van der Waals surface area contributed by atoms with Crippen molar-refractivity contribution in [3.05, 3.63) is 58.5 Å². The topological polar surface area (TPSA) is 87.1 Å². The third kappa shape index (κ3) is 3.29. The van der Waals surface area contributed by atoms with E-state index in [9.17, 15) is 14.7 Å². The standard InChI is InChI=1S/C18H13NO5S2/c1-24-14-5-3-2-4-10(14)8-15-16(21)19(18(25)26-15)11-6-7-13(20)12(9-11)17(22)23/h2-9,20H,1H3,(H,22,23)/b15-8-. The van der Waals surface area contributed by atoms with Gasteiger partial charge in [-0.2, -0.15) is 0 Å². The highest BCUT2D eigenvalue weighted by molar-refractivity contribution is 8.27. The molecule has 1 fully saturated rings. The number of ether oxygens (including phenoxy) is 1. The normalized spacial score (nSPS) is 15.6. The molecule has 0 bridgehead atoms. The fraction of sp³-hybridized carbons (Fsp3) is 0.0556. The van der Waals surface area contributed by atoms with E-state index in [0.29, 0.717) is 10.7 Å². The van der Waals surface area contributed by atoms with Crippen molar-refractivity contribution in [1.82, 2.24) is 0 Å². The van der Waals surface area contributed by atoms with Crippen LogP contribution < -0.4 is 9.64 Å². The molecule has 6 nitrogen and oxygen atoms in total. The van der Waals surface area contributed by atoms with Crippen LogP contribution in [0.15, 0.2) is 47.4 Å². The molecule has 26 heavy (non-hydrogen) atoms. The van der Waals surface area contributed by atoms with Crippen molar-refractivity contribution < 1.29 is 24.5 Å². The Morgan fingerprint density at radius 1 is 1.27 bits per heavy atom. The second-order valence-electron chi connectivity index (χ2n) is 5.27. The molecule has 8 heteroatoms. The third-order valence-electron chi connectivity index (χ3n) is 3.69. The number of amides is 1. The van der Waals surface area contributed by atoms with Gasteiger partial charge in [-0.05, 0) is 30.3 Å². The molecule has 1 saturated heterocycles. The highest BCUT2D eigenvalue weighted by Crippen LogP contribution is 2.38. The number of thiocarbonyl (C=S) groups is 1. The van der Waals surface area contributed by atoms with Crippen LogP contribution >= 0.6 is 24.0 Å². The van der Waals surface area contributed by atoms with Gasteiger partial charge in [0.05, 0.1) is 17.7 Å². The van der Waals surface area contributed by atoms with Crippen LogP contribution in [0.3, 0.4) is 0 Å². The monoisotopic (exact) mass is 387 g/mol. The number of phenols is 1. The number of carbonyl (C=O) groups excluding carboxylic acids is 1. The summed E-state index contributed by atoms with van der Waals surface area (Å²) >= 11 is 6.39. The van der Waals surface area contributed by atoms with Gasteiger partial charge in [0.1, 0.15) is 17.1 Å². The SMILES string of the molecule is COc1ccccc1/C=C1\SC(=S)N(c2ccc(O)c(C(=O)O)c2)C1=O. The number of carbonyl (C=O) groups is 2. The number of thioether (sulfide) groups is 1. The zero-order chi connectivity index (χ0) is 18.8. The van der Waals surface area contributed by atoms with Crippen molar-refractivity contribution >= 4 is 51.9 Å². The summed E-state index contributed by atoms with van der Waals surface area (Å²) in [6, 6.07) is 11.1. The molecule has 0 atom stereocenters. The Kier molecular flexibility index (Phi) is 4.97. The third-order valence-corrected chi connectivity index (χ3v) is 4.99. The van der Waals surface area contributed by atoms with Crippen LogP contribution in [0.4, 0.5) is 5.69 Å². The number of methoxy groups -OCH3 is 1. The fourth-order valence-electron chi connectivity index (χ4n) is 2.45. The van der Waals surface area contributed by atoms with E-state index in [4.69, 9.17) is 22.1 Å². The van der Waals surface area contributed by atoms with E-state index in [1.54, 1.807) is 19.3 Å². The Balaban J connectivity index is 1.99. The van der Waals surface area contributed by atoms with Gasteiger partial charge in [0.2, 0.25) is 0 Å². The van der Waals surface area contributed by atoms with Gasteiger partial charge < -0.3 is 14.9 Å². The number of nitrogens with zero attached hydrogens (tertiary/aromatic N) is 1. The number of aromatic carboxylic acids is 1. The Hall–Kier alpha value is -2.84. The molecule has 0 unspecified atom stereocenters. The average molecular weight is 387 g/mol. The first-order valence-electron chi connectivity index (χ1n) is 7.39. The van der Waals surface area contributed by atoms with E-state index in [1.165, 1.54) is 23.1 Å². The zero-order valence-electron chi connectivity index (χ0n) is 13.5. The van der Waals surface area contributed by atoms with Crippen molar-refractivity contribution in [2.75, 3.05) is 12.0 Å². The lowest BCUT2D eigenvalue weighted by atomic mass is 10.1. The average Bonchev–Trinajstić information content (AvgIpc) is 2.89. The molecular formula is C18H13NO5S2. The maximum Gasteiger partial charge on any atom is 0.339 e. The fourth-order valence-corrected chi connectivity index (χ4v) is 3.74. The maximum atomic E-state index is 12.8. The summed E-state index contributed by atoms with van der Waals surface area (Å²) in [6.45, 7) is 0. The number of benzene rings is 2. The predicted molar refractivity (Wildman–Crippen MR) is 104 cm³/mol. The molecule has 3 rings (SSSR count). The second kappa shape index (κ2) is 7.19. The van der Waals surface area contributed by atoms with Crippen LogP contribution in [0, 0.1) is 0 Å². The number of hydrogen-bond donors (Lipinski definition) is 2. The maximum absolute atomic E-state index is 12.8. The van der Waals surface area contributed by atoms with Gasteiger partial charge in [0, 0.05) is 5.56 Å². The Labute approximate surface area is 158 Å². The predicted octanol–water partition coefficient (Wildman–Crippen LogP) is 3.50. The molecule has 0 aromatic heterocycles. The van der Waals surface area contributed by atoms with Crippen LogP contribution in [0.5, 0.6) is 11.5 Å². The molecule has 2 aromatic rings. The Bertz CT molecular complexity index is 954. The molecule has 132 valence electrons. The smallest absolute Gasteiger partial charge is 0.339 e. The second-order valence-corrected chi connectivity index (χ2v) is 6.94. The number of aromatic hydroxyl groups is 1. The number of anilines is 1. The molecule has 1 aliphatic rings. The van der Waals surface area contributed by atoms with Gasteiger partial charge in [0.25, 0.3) is 5.91 Å². The minimum atomic E-state index is -1.29. The van der Waals surface area contributed by atoms with Crippen molar-refractivity contribution in [2.45, 2.75) is 0 Å². The largest absolute Gasteiger partial charge is 0.507 e. The molecule has 0 spiro atoms. The van der Waals surface area contributed by atoms with Gasteiger partial charge in [-0.1, -0.05) is 42.2 Å². The lowest BCUT2D eigenvalue weighted by molar-refractivity contribution is -0.113. The quantitative estimate of drug-likeness (QED) is 0.613. The molecule has 0 saturated carbocycles. The Morgan fingerprint density at radius 3 is 2.69 bits per heavy atom. The van der Waals surface area contributed by atoms with Crippen LogP contribution in [-0.4, -0.2) is 33.5 Å². The van der Waals surface area contributed by atoms with Gasteiger partial charge >= 0.3 is 5.97 Å². The van der Waals surface area contributed by atoms with Gasteiger partial charge in [-0.3, -0.25) is 9.69 Å². The molecule has 2 N–H and O–H groups in total. The summed E-state index contributed by atoms with van der Waals surface area (Å²) < 4.78 is 5.56. The van der Waals surface area contributed by atoms with Crippen molar-refractivity contribution in [3.63, 3.8) is 0 Å². The first-order valence-corrected chi connectivity index (χ1v) is 8.62. The van der Waals surface area contributed by atoms with Gasteiger partial charge in [0.15, 0.2) is 4.32 Å². The van der Waals surface area contributed by atoms with Gasteiger partial charge in [-0.15, -0.1) is 0 Å². The van der Waals surface area contributed by atoms with E-state index in [0.717, 1.165) is 17.3 Å². The summed E-state index contributed by atoms with van der Waals surface area (Å²) in [5.74, 6) is -1.42. The first-order chi connectivity index (χ1) is 12.4. The van der Waals surface area contributed by atoms with Crippen LogP contribution in [0.2, 0.25) is 0 Å². The summed E-state index contributed by atoms with van der Waals surface area (Å²) in [5, 5.41) is 18.8. The molecule has 1 amide bonds. The molecule has 1 heterocycles. The van der Waals surface area contributed by atoms with E-state index in [1.807, 2.05) is 18.2 Å². The molecule has 1 aliphatic heterocycles. The number of para-hydroxylation sites is 1. The summed E-state index contributed by atoms with van der Waals surface area (Å²) in [6.07, 6.45) is 1.68. The summed E-state index contributed by atoms with van der Waals surface area (Å²) in [5.41, 5.74) is 0.712. The summed E-state index contributed by atoms with van der Waals surface area (Å²) in [4.78, 5) is 25.6. The first kappa shape index (κ1) is 18.0. The van der Waals surface area contributed by atoms with E-state index in [-0.39, 0.29) is 27.2 Å². The van der Waals surface area contributed by atoms with E-state index >= 15 is 0 Å². The van der Waals surface area contributed by atoms with E-state index < -0.39 is 5.97 Å². The molecule has 0 radical (unpaired) electrons. The van der Waals surface area contributed by atoms with Crippen LogP contribution in [0.1, 0.15) is 15.9 Å². The van der Waals surface area contributed by atoms with Crippen LogP contribution in [-0.2, 0) is 4.79 Å².